The van der Waals surface area contributed by atoms with E-state index < -0.39 is 5.60 Å². The van der Waals surface area contributed by atoms with Gasteiger partial charge in [-0.25, -0.2) is 4.79 Å². The number of benzene rings is 1. The molecule has 0 unspecified atom stereocenters. The molecule has 2 rings (SSSR count). The monoisotopic (exact) mass is 341 g/mol. The second-order valence-corrected chi connectivity index (χ2v) is 6.97. The van der Waals surface area contributed by atoms with Crippen LogP contribution in [-0.2, 0) is 11.3 Å². The molecule has 0 saturated carbocycles. The molecular weight excluding hydrogens is 326 g/mol. The number of fused-ring (bicyclic) bond motifs is 1. The molecule has 102 valence electrons. The molecule has 0 aliphatic carbocycles. The lowest BCUT2D eigenvalue weighted by Gasteiger charge is -2.19. The van der Waals surface area contributed by atoms with Crippen molar-refractivity contribution in [2.24, 2.45) is 0 Å². The Morgan fingerprint density at radius 2 is 2.16 bits per heavy atom. The Balaban J connectivity index is 2.07. The van der Waals surface area contributed by atoms with Crippen LogP contribution in [0.15, 0.2) is 28.1 Å². The lowest BCUT2D eigenvalue weighted by molar-refractivity contribution is 0.0524. The summed E-state index contributed by atoms with van der Waals surface area (Å²) in [6.07, 6.45) is -0.387. The summed E-state index contributed by atoms with van der Waals surface area (Å²) in [5, 5.41) is 6.01. The summed E-state index contributed by atoms with van der Waals surface area (Å²) in [6.45, 7) is 6.03. The van der Waals surface area contributed by atoms with Gasteiger partial charge in [0.15, 0.2) is 0 Å². The molecule has 0 aliphatic heterocycles. The zero-order chi connectivity index (χ0) is 14.0. The van der Waals surface area contributed by atoms with Gasteiger partial charge in [0.1, 0.15) is 5.60 Å². The van der Waals surface area contributed by atoms with Gasteiger partial charge < -0.3 is 10.1 Å². The van der Waals surface area contributed by atoms with Gasteiger partial charge in [0.25, 0.3) is 0 Å². The Labute approximate surface area is 125 Å². The van der Waals surface area contributed by atoms with Crippen LogP contribution in [0.2, 0.25) is 0 Å². The van der Waals surface area contributed by atoms with E-state index in [-0.39, 0.29) is 6.09 Å². The van der Waals surface area contributed by atoms with Crippen molar-refractivity contribution in [3.05, 3.63) is 33.6 Å². The fourth-order valence-electron chi connectivity index (χ4n) is 1.69. The fraction of sp³-hybridized carbons (Fsp3) is 0.357. The van der Waals surface area contributed by atoms with E-state index in [0.29, 0.717) is 6.54 Å². The molecule has 1 amide bonds. The number of hydrogen-bond acceptors (Lipinski definition) is 3. The van der Waals surface area contributed by atoms with Crippen molar-refractivity contribution in [3.8, 4) is 0 Å². The molecule has 3 nitrogen and oxygen atoms in total. The molecule has 0 spiro atoms. The van der Waals surface area contributed by atoms with E-state index in [2.05, 4.69) is 32.7 Å². The lowest BCUT2D eigenvalue weighted by atomic mass is 10.2. The number of amides is 1. The highest BCUT2D eigenvalue weighted by molar-refractivity contribution is 9.10. The summed E-state index contributed by atoms with van der Waals surface area (Å²) < 4.78 is 7.50. The zero-order valence-electron chi connectivity index (χ0n) is 11.1. The van der Waals surface area contributed by atoms with Crippen LogP contribution in [0, 0.1) is 0 Å². The number of thiophene rings is 1. The Hall–Kier alpha value is -1.07. The summed E-state index contributed by atoms with van der Waals surface area (Å²) >= 11 is 5.19. The Kier molecular flexibility index (Phi) is 4.16. The molecule has 2 aromatic rings. The van der Waals surface area contributed by atoms with Crippen LogP contribution in [0.3, 0.4) is 0 Å². The van der Waals surface area contributed by atoms with E-state index in [1.165, 1.54) is 4.70 Å². The Morgan fingerprint density at radius 3 is 2.84 bits per heavy atom. The van der Waals surface area contributed by atoms with E-state index >= 15 is 0 Å². The maximum Gasteiger partial charge on any atom is 0.407 e. The molecule has 1 aromatic heterocycles. The van der Waals surface area contributed by atoms with Crippen LogP contribution in [0.1, 0.15) is 26.3 Å². The average molecular weight is 342 g/mol. The van der Waals surface area contributed by atoms with Gasteiger partial charge >= 0.3 is 6.09 Å². The van der Waals surface area contributed by atoms with Crippen molar-refractivity contribution in [2.75, 3.05) is 0 Å². The van der Waals surface area contributed by atoms with Crippen LogP contribution in [0.5, 0.6) is 0 Å². The molecule has 0 atom stereocenters. The van der Waals surface area contributed by atoms with Crippen LogP contribution in [0.4, 0.5) is 4.79 Å². The largest absolute Gasteiger partial charge is 0.444 e. The smallest absolute Gasteiger partial charge is 0.407 e. The molecule has 1 N–H and O–H groups in total. The molecule has 19 heavy (non-hydrogen) atoms. The quantitative estimate of drug-likeness (QED) is 0.860. The first kappa shape index (κ1) is 14.3. The van der Waals surface area contributed by atoms with Gasteiger partial charge in [-0.1, -0.05) is 12.1 Å². The van der Waals surface area contributed by atoms with Crippen molar-refractivity contribution < 1.29 is 9.53 Å². The van der Waals surface area contributed by atoms with Gasteiger partial charge in [0, 0.05) is 15.7 Å². The maximum absolute atomic E-state index is 11.6. The molecule has 0 fully saturated rings. The third-order valence-electron chi connectivity index (χ3n) is 2.45. The minimum Gasteiger partial charge on any atom is -0.444 e. The second kappa shape index (κ2) is 5.51. The minimum absolute atomic E-state index is 0.387. The highest BCUT2D eigenvalue weighted by atomic mass is 79.9. The normalized spacial score (nSPS) is 11.6. The first-order valence-corrected chi connectivity index (χ1v) is 7.65. The molecule has 0 aliphatic rings. The topological polar surface area (TPSA) is 38.3 Å². The summed E-state index contributed by atoms with van der Waals surface area (Å²) in [5.41, 5.74) is 0.635. The highest BCUT2D eigenvalue weighted by Gasteiger charge is 2.16. The first-order chi connectivity index (χ1) is 8.87. The van der Waals surface area contributed by atoms with Crippen LogP contribution >= 0.6 is 27.3 Å². The SMILES string of the molecule is CC(C)(C)OC(=O)NCc1csc2c(Br)cccc12. The zero-order valence-corrected chi connectivity index (χ0v) is 13.5. The van der Waals surface area contributed by atoms with Crippen LogP contribution in [0.25, 0.3) is 10.1 Å². The van der Waals surface area contributed by atoms with Crippen molar-refractivity contribution >= 4 is 43.4 Å². The van der Waals surface area contributed by atoms with Gasteiger partial charge in [-0.15, -0.1) is 11.3 Å². The van der Waals surface area contributed by atoms with Gasteiger partial charge in [0.05, 0.1) is 0 Å². The third-order valence-corrected chi connectivity index (χ3v) is 4.46. The van der Waals surface area contributed by atoms with Crippen molar-refractivity contribution in [2.45, 2.75) is 32.9 Å². The first-order valence-electron chi connectivity index (χ1n) is 5.98. The number of nitrogens with one attached hydrogen (secondary N) is 1. The summed E-state index contributed by atoms with van der Waals surface area (Å²) in [6, 6.07) is 6.07. The van der Waals surface area contributed by atoms with E-state index in [9.17, 15) is 4.79 Å². The van der Waals surface area contributed by atoms with Crippen LogP contribution < -0.4 is 5.32 Å². The predicted octanol–water partition coefficient (Wildman–Crippen LogP) is 4.69. The molecule has 1 aromatic carbocycles. The molecule has 0 saturated heterocycles. The summed E-state index contributed by atoms with van der Waals surface area (Å²) in [5.74, 6) is 0. The Bertz CT molecular complexity index is 601. The molecule has 1 heterocycles. The number of halogens is 1. The maximum atomic E-state index is 11.6. The molecule has 0 radical (unpaired) electrons. The number of carbonyl (C=O) groups excluding carboxylic acids is 1. The fourth-order valence-corrected chi connectivity index (χ4v) is 3.32. The highest BCUT2D eigenvalue weighted by Crippen LogP contribution is 2.32. The van der Waals surface area contributed by atoms with Crippen molar-refractivity contribution in [1.29, 1.82) is 0 Å². The van der Waals surface area contributed by atoms with Crippen molar-refractivity contribution in [3.63, 3.8) is 0 Å². The number of carbonyl (C=O) groups is 1. The van der Waals surface area contributed by atoms with E-state index in [4.69, 9.17) is 4.74 Å². The lowest BCUT2D eigenvalue weighted by Crippen LogP contribution is -2.32. The van der Waals surface area contributed by atoms with Crippen molar-refractivity contribution in [1.82, 2.24) is 5.32 Å². The Morgan fingerprint density at radius 1 is 1.42 bits per heavy atom. The second-order valence-electron chi connectivity index (χ2n) is 5.23. The van der Waals surface area contributed by atoms with Gasteiger partial charge in [-0.05, 0) is 59.1 Å². The van der Waals surface area contributed by atoms with E-state index in [1.807, 2.05) is 32.9 Å². The number of rotatable bonds is 2. The third kappa shape index (κ3) is 3.70. The average Bonchev–Trinajstić information content (AvgIpc) is 2.69. The van der Waals surface area contributed by atoms with Gasteiger partial charge in [-0.2, -0.15) is 0 Å². The minimum atomic E-state index is -0.468. The molecular formula is C14H16BrNO2S. The predicted molar refractivity (Wildman–Crippen MR) is 82.6 cm³/mol. The number of ether oxygens (including phenoxy) is 1. The van der Waals surface area contributed by atoms with E-state index in [1.54, 1.807) is 11.3 Å². The molecule has 0 bridgehead atoms. The number of hydrogen-bond donors (Lipinski definition) is 1. The molecule has 5 heteroatoms. The van der Waals surface area contributed by atoms with Gasteiger partial charge in [-0.3, -0.25) is 0 Å². The van der Waals surface area contributed by atoms with Crippen LogP contribution in [-0.4, -0.2) is 11.7 Å². The standard InChI is InChI=1S/C14H16BrNO2S/c1-14(2,3)18-13(17)16-7-9-8-19-12-10(9)5-4-6-11(12)15/h4-6,8H,7H2,1-3H3,(H,16,17). The summed E-state index contributed by atoms with van der Waals surface area (Å²) in [7, 11) is 0. The van der Waals surface area contributed by atoms with E-state index in [0.717, 1.165) is 15.4 Å². The van der Waals surface area contributed by atoms with Gasteiger partial charge in [0.2, 0.25) is 0 Å². The summed E-state index contributed by atoms with van der Waals surface area (Å²) in [4.78, 5) is 11.6. The number of alkyl carbamates (subject to hydrolysis) is 1.